The van der Waals surface area contributed by atoms with Crippen molar-refractivity contribution in [3.8, 4) is 11.5 Å². The quantitative estimate of drug-likeness (QED) is 0.404. The standard InChI is InChI=1S/C21H19BrN2O4S/c1-4-12-5-7-14(8-6-12)24-20(26)15(19(25)23-21(24)29)9-13-10-16(22)18(28-3)17(11-13)27-2/h5-11H,4H2,1-3H3,(H,23,25,29). The molecule has 1 fully saturated rings. The molecule has 150 valence electrons. The number of ether oxygens (including phenoxy) is 2. The maximum Gasteiger partial charge on any atom is 0.270 e. The van der Waals surface area contributed by atoms with Crippen molar-refractivity contribution in [2.45, 2.75) is 13.3 Å². The monoisotopic (exact) mass is 474 g/mol. The van der Waals surface area contributed by atoms with Crippen LogP contribution in [0.1, 0.15) is 18.1 Å². The molecule has 0 aromatic heterocycles. The first-order chi connectivity index (χ1) is 13.9. The van der Waals surface area contributed by atoms with Crippen molar-refractivity contribution in [1.29, 1.82) is 0 Å². The second-order valence-electron chi connectivity index (χ2n) is 6.22. The fraction of sp³-hybridized carbons (Fsp3) is 0.190. The highest BCUT2D eigenvalue weighted by molar-refractivity contribution is 9.10. The molecular formula is C21H19BrN2O4S. The molecule has 0 atom stereocenters. The summed E-state index contributed by atoms with van der Waals surface area (Å²) in [6.45, 7) is 2.05. The maximum atomic E-state index is 13.1. The van der Waals surface area contributed by atoms with Gasteiger partial charge in [0.2, 0.25) is 0 Å². The zero-order valence-electron chi connectivity index (χ0n) is 16.1. The number of hydrogen-bond donors (Lipinski definition) is 1. The number of amides is 2. The Morgan fingerprint density at radius 1 is 1.14 bits per heavy atom. The van der Waals surface area contributed by atoms with Crippen LogP contribution in [0.3, 0.4) is 0 Å². The summed E-state index contributed by atoms with van der Waals surface area (Å²) >= 11 is 8.65. The van der Waals surface area contributed by atoms with E-state index in [0.717, 1.165) is 12.0 Å². The lowest BCUT2D eigenvalue weighted by atomic mass is 10.1. The zero-order valence-corrected chi connectivity index (χ0v) is 18.5. The minimum absolute atomic E-state index is 0.0303. The Kier molecular flexibility index (Phi) is 6.34. The van der Waals surface area contributed by atoms with Crippen molar-refractivity contribution in [2.24, 2.45) is 0 Å². The first-order valence-corrected chi connectivity index (χ1v) is 10.0. The Morgan fingerprint density at radius 2 is 1.83 bits per heavy atom. The molecule has 1 aliphatic heterocycles. The molecule has 2 aromatic rings. The van der Waals surface area contributed by atoms with E-state index in [-0.39, 0.29) is 10.7 Å². The van der Waals surface area contributed by atoms with Crippen molar-refractivity contribution < 1.29 is 19.1 Å². The highest BCUT2D eigenvalue weighted by atomic mass is 79.9. The molecule has 1 heterocycles. The molecule has 6 nitrogen and oxygen atoms in total. The van der Waals surface area contributed by atoms with Crippen molar-refractivity contribution in [3.05, 3.63) is 57.6 Å². The van der Waals surface area contributed by atoms with Crippen LogP contribution in [0.15, 0.2) is 46.4 Å². The number of thiocarbonyl (C=S) groups is 1. The van der Waals surface area contributed by atoms with Crippen molar-refractivity contribution in [3.63, 3.8) is 0 Å². The highest BCUT2D eigenvalue weighted by Gasteiger charge is 2.34. The van der Waals surface area contributed by atoms with Crippen LogP contribution in [0, 0.1) is 0 Å². The lowest BCUT2D eigenvalue weighted by molar-refractivity contribution is -0.122. The topological polar surface area (TPSA) is 67.9 Å². The Labute approximate surface area is 182 Å². The summed E-state index contributed by atoms with van der Waals surface area (Å²) in [6, 6.07) is 10.9. The molecule has 0 spiro atoms. The first kappa shape index (κ1) is 21.0. The van der Waals surface area contributed by atoms with E-state index in [0.29, 0.717) is 27.2 Å². The summed E-state index contributed by atoms with van der Waals surface area (Å²) in [6.07, 6.45) is 2.38. The van der Waals surface area contributed by atoms with Gasteiger partial charge in [-0.3, -0.25) is 19.8 Å². The van der Waals surface area contributed by atoms with Gasteiger partial charge >= 0.3 is 0 Å². The molecule has 0 radical (unpaired) electrons. The van der Waals surface area contributed by atoms with Gasteiger partial charge in [0.05, 0.1) is 24.4 Å². The molecule has 0 unspecified atom stereocenters. The van der Waals surface area contributed by atoms with Gasteiger partial charge in [-0.05, 0) is 76.0 Å². The molecule has 0 saturated carbocycles. The van der Waals surface area contributed by atoms with Crippen molar-refractivity contribution >= 4 is 56.8 Å². The smallest absolute Gasteiger partial charge is 0.270 e. The van der Waals surface area contributed by atoms with Gasteiger partial charge in [0, 0.05) is 0 Å². The molecule has 0 bridgehead atoms. The largest absolute Gasteiger partial charge is 0.493 e. The van der Waals surface area contributed by atoms with Crippen LogP contribution in [0.4, 0.5) is 5.69 Å². The van der Waals surface area contributed by atoms with E-state index in [2.05, 4.69) is 21.2 Å². The number of rotatable bonds is 5. The normalized spacial score (nSPS) is 15.5. The third kappa shape index (κ3) is 4.18. The SMILES string of the molecule is CCc1ccc(N2C(=O)C(=Cc3cc(Br)c(OC)c(OC)c3)C(=O)NC2=S)cc1. The van der Waals surface area contributed by atoms with E-state index < -0.39 is 11.8 Å². The lowest BCUT2D eigenvalue weighted by Gasteiger charge is -2.29. The summed E-state index contributed by atoms with van der Waals surface area (Å²) in [5.41, 5.74) is 2.30. The van der Waals surface area contributed by atoms with E-state index in [1.807, 2.05) is 31.2 Å². The van der Waals surface area contributed by atoms with Crippen LogP contribution in [0.2, 0.25) is 0 Å². The molecule has 3 rings (SSSR count). The number of hydrogen-bond acceptors (Lipinski definition) is 5. The third-order valence-corrected chi connectivity index (χ3v) is 5.35. The first-order valence-electron chi connectivity index (χ1n) is 8.81. The molecule has 1 aliphatic rings. The number of anilines is 1. The zero-order chi connectivity index (χ0) is 21.1. The second-order valence-corrected chi connectivity index (χ2v) is 7.46. The van der Waals surface area contributed by atoms with Gasteiger partial charge in [-0.15, -0.1) is 0 Å². The van der Waals surface area contributed by atoms with E-state index in [1.54, 1.807) is 12.1 Å². The summed E-state index contributed by atoms with van der Waals surface area (Å²) in [7, 11) is 3.04. The summed E-state index contributed by atoms with van der Waals surface area (Å²) in [4.78, 5) is 26.9. The predicted molar refractivity (Wildman–Crippen MR) is 119 cm³/mol. The molecule has 2 aromatic carbocycles. The number of methoxy groups -OCH3 is 2. The van der Waals surface area contributed by atoms with E-state index in [4.69, 9.17) is 21.7 Å². The van der Waals surface area contributed by atoms with Crippen LogP contribution in [0.25, 0.3) is 6.08 Å². The van der Waals surface area contributed by atoms with Gasteiger partial charge in [-0.25, -0.2) is 0 Å². The number of nitrogens with zero attached hydrogens (tertiary/aromatic N) is 1. The summed E-state index contributed by atoms with van der Waals surface area (Å²) < 4.78 is 11.3. The van der Waals surface area contributed by atoms with E-state index in [9.17, 15) is 9.59 Å². The molecule has 1 N–H and O–H groups in total. The number of benzene rings is 2. The van der Waals surface area contributed by atoms with Gasteiger partial charge < -0.3 is 9.47 Å². The minimum Gasteiger partial charge on any atom is -0.493 e. The third-order valence-electron chi connectivity index (χ3n) is 4.47. The summed E-state index contributed by atoms with van der Waals surface area (Å²) in [5.74, 6) is -0.0472. The Bertz CT molecular complexity index is 1020. The average molecular weight is 475 g/mol. The Morgan fingerprint density at radius 3 is 2.41 bits per heavy atom. The molecular weight excluding hydrogens is 456 g/mol. The highest BCUT2D eigenvalue weighted by Crippen LogP contribution is 2.37. The van der Waals surface area contributed by atoms with E-state index >= 15 is 0 Å². The van der Waals surface area contributed by atoms with Gasteiger partial charge in [0.15, 0.2) is 16.6 Å². The number of carbonyl (C=O) groups is 2. The Balaban J connectivity index is 2.02. The fourth-order valence-electron chi connectivity index (χ4n) is 2.96. The van der Waals surface area contributed by atoms with Crippen molar-refractivity contribution in [1.82, 2.24) is 5.32 Å². The molecule has 0 aliphatic carbocycles. The maximum absolute atomic E-state index is 13.1. The Hall–Kier alpha value is -2.71. The van der Waals surface area contributed by atoms with Crippen LogP contribution in [-0.4, -0.2) is 31.1 Å². The lowest BCUT2D eigenvalue weighted by Crippen LogP contribution is -2.54. The summed E-state index contributed by atoms with van der Waals surface area (Å²) in [5, 5.41) is 2.64. The number of nitrogens with one attached hydrogen (secondary N) is 1. The van der Waals surface area contributed by atoms with Crippen LogP contribution in [0.5, 0.6) is 11.5 Å². The number of halogens is 1. The van der Waals surface area contributed by atoms with Gasteiger partial charge in [0.1, 0.15) is 5.57 Å². The predicted octanol–water partition coefficient (Wildman–Crippen LogP) is 3.86. The number of aryl methyl sites for hydroxylation is 1. The molecule has 2 amide bonds. The van der Waals surface area contributed by atoms with Crippen LogP contribution in [-0.2, 0) is 16.0 Å². The van der Waals surface area contributed by atoms with Crippen LogP contribution < -0.4 is 19.7 Å². The average Bonchev–Trinajstić information content (AvgIpc) is 2.71. The van der Waals surface area contributed by atoms with Crippen molar-refractivity contribution in [2.75, 3.05) is 19.1 Å². The van der Waals surface area contributed by atoms with Gasteiger partial charge in [-0.1, -0.05) is 19.1 Å². The molecule has 8 heteroatoms. The molecule has 1 saturated heterocycles. The second kappa shape index (κ2) is 8.75. The van der Waals surface area contributed by atoms with Gasteiger partial charge in [0.25, 0.3) is 11.8 Å². The number of carbonyl (C=O) groups excluding carboxylic acids is 2. The fourth-order valence-corrected chi connectivity index (χ4v) is 3.86. The van der Waals surface area contributed by atoms with Crippen LogP contribution >= 0.6 is 28.1 Å². The molecule has 29 heavy (non-hydrogen) atoms. The van der Waals surface area contributed by atoms with Gasteiger partial charge in [-0.2, -0.15) is 0 Å². The van der Waals surface area contributed by atoms with E-state index in [1.165, 1.54) is 25.2 Å². The minimum atomic E-state index is -0.549.